The van der Waals surface area contributed by atoms with Crippen LogP contribution in [0.1, 0.15) is 32.4 Å². The van der Waals surface area contributed by atoms with Crippen molar-refractivity contribution in [1.29, 1.82) is 0 Å². The van der Waals surface area contributed by atoms with E-state index in [2.05, 4.69) is 24.1 Å². The molecule has 0 aliphatic carbocycles. The molecule has 17 heavy (non-hydrogen) atoms. The summed E-state index contributed by atoms with van der Waals surface area (Å²) in [5, 5.41) is 3.34. The summed E-state index contributed by atoms with van der Waals surface area (Å²) in [4.78, 5) is 4.26. The number of rotatable bonds is 8. The van der Waals surface area contributed by atoms with Crippen LogP contribution in [0.25, 0.3) is 0 Å². The maximum atomic E-state index is 5.45. The number of pyridine rings is 1. The van der Waals surface area contributed by atoms with E-state index in [0.29, 0.717) is 25.1 Å². The van der Waals surface area contributed by atoms with Gasteiger partial charge in [0.05, 0.1) is 6.61 Å². The number of nitrogens with one attached hydrogen (secondary N) is 1. The fraction of sp³-hybridized carbons (Fsp3) is 0.615. The monoisotopic (exact) mass is 238 g/mol. The maximum absolute atomic E-state index is 5.45. The minimum Gasteiger partial charge on any atom is -0.475 e. The van der Waals surface area contributed by atoms with Crippen molar-refractivity contribution < 1.29 is 9.47 Å². The lowest BCUT2D eigenvalue weighted by atomic mass is 10.1. The predicted octanol–water partition coefficient (Wildman–Crippen LogP) is 2.17. The fourth-order valence-corrected chi connectivity index (χ4v) is 1.51. The van der Waals surface area contributed by atoms with Crippen LogP contribution in [0.15, 0.2) is 18.3 Å². The molecule has 4 nitrogen and oxygen atoms in total. The maximum Gasteiger partial charge on any atom is 0.213 e. The molecule has 0 aliphatic rings. The summed E-state index contributed by atoms with van der Waals surface area (Å²) in [6, 6.07) is 4.26. The van der Waals surface area contributed by atoms with Gasteiger partial charge >= 0.3 is 0 Å². The van der Waals surface area contributed by atoms with Gasteiger partial charge in [-0.15, -0.1) is 0 Å². The smallest absolute Gasteiger partial charge is 0.213 e. The van der Waals surface area contributed by atoms with E-state index < -0.39 is 0 Å². The standard InChI is InChI=1S/C13H22N2O2/c1-4-14-11(3)12-6-7-13(15-10-12)17-9-8-16-5-2/h6-7,10-11,14H,4-5,8-9H2,1-3H3. The normalized spacial score (nSPS) is 12.4. The first-order valence-corrected chi connectivity index (χ1v) is 6.17. The van der Waals surface area contributed by atoms with Crippen LogP contribution < -0.4 is 10.1 Å². The lowest BCUT2D eigenvalue weighted by Gasteiger charge is -2.12. The molecular weight excluding hydrogens is 216 g/mol. The average Bonchev–Trinajstić information content (AvgIpc) is 2.36. The Kier molecular flexibility index (Phi) is 6.58. The van der Waals surface area contributed by atoms with Crippen LogP contribution in [0, 0.1) is 0 Å². The first-order chi connectivity index (χ1) is 8.27. The summed E-state index contributed by atoms with van der Waals surface area (Å²) in [7, 11) is 0. The average molecular weight is 238 g/mol. The first kappa shape index (κ1) is 13.9. The highest BCUT2D eigenvalue weighted by molar-refractivity contribution is 5.20. The number of hydrogen-bond acceptors (Lipinski definition) is 4. The molecule has 0 amide bonds. The molecule has 1 N–H and O–H groups in total. The minimum atomic E-state index is 0.324. The molecule has 0 spiro atoms. The van der Waals surface area contributed by atoms with Gasteiger partial charge in [-0.05, 0) is 26.0 Å². The Morgan fingerprint density at radius 1 is 1.29 bits per heavy atom. The van der Waals surface area contributed by atoms with Crippen LogP contribution >= 0.6 is 0 Å². The molecular formula is C13H22N2O2. The zero-order chi connectivity index (χ0) is 12.5. The highest BCUT2D eigenvalue weighted by atomic mass is 16.5. The Morgan fingerprint density at radius 3 is 2.71 bits per heavy atom. The third-order valence-corrected chi connectivity index (χ3v) is 2.45. The van der Waals surface area contributed by atoms with Crippen LogP contribution in [-0.4, -0.2) is 31.3 Å². The van der Waals surface area contributed by atoms with Gasteiger partial charge in [-0.2, -0.15) is 0 Å². The van der Waals surface area contributed by atoms with Crippen LogP contribution in [0.3, 0.4) is 0 Å². The van der Waals surface area contributed by atoms with Crippen LogP contribution in [0.2, 0.25) is 0 Å². The minimum absolute atomic E-state index is 0.324. The van der Waals surface area contributed by atoms with Crippen LogP contribution in [-0.2, 0) is 4.74 Å². The molecule has 1 aromatic heterocycles. The van der Waals surface area contributed by atoms with Crippen molar-refractivity contribution in [3.63, 3.8) is 0 Å². The second-order valence-corrected chi connectivity index (χ2v) is 3.75. The van der Waals surface area contributed by atoms with Crippen molar-refractivity contribution in [2.45, 2.75) is 26.8 Å². The molecule has 0 aliphatic heterocycles. The van der Waals surface area contributed by atoms with Crippen molar-refractivity contribution >= 4 is 0 Å². The Morgan fingerprint density at radius 2 is 2.12 bits per heavy atom. The second-order valence-electron chi connectivity index (χ2n) is 3.75. The van der Waals surface area contributed by atoms with E-state index in [-0.39, 0.29) is 0 Å². The van der Waals surface area contributed by atoms with E-state index in [0.717, 1.165) is 13.2 Å². The largest absolute Gasteiger partial charge is 0.475 e. The number of hydrogen-bond donors (Lipinski definition) is 1. The summed E-state index contributed by atoms with van der Waals surface area (Å²) in [5.41, 5.74) is 1.17. The van der Waals surface area contributed by atoms with Gasteiger partial charge in [0.1, 0.15) is 6.61 Å². The third kappa shape index (κ3) is 5.15. The van der Waals surface area contributed by atoms with E-state index >= 15 is 0 Å². The second kappa shape index (κ2) is 8.03. The van der Waals surface area contributed by atoms with E-state index in [9.17, 15) is 0 Å². The van der Waals surface area contributed by atoms with Gasteiger partial charge in [-0.1, -0.05) is 13.0 Å². The zero-order valence-corrected chi connectivity index (χ0v) is 10.9. The molecule has 0 bridgehead atoms. The van der Waals surface area contributed by atoms with E-state index in [1.165, 1.54) is 5.56 Å². The molecule has 1 heterocycles. The molecule has 1 rings (SSSR count). The molecule has 0 fully saturated rings. The molecule has 1 unspecified atom stereocenters. The van der Waals surface area contributed by atoms with Gasteiger partial charge in [0.15, 0.2) is 0 Å². The highest BCUT2D eigenvalue weighted by Gasteiger charge is 2.04. The quantitative estimate of drug-likeness (QED) is 0.705. The number of nitrogens with zero attached hydrogens (tertiary/aromatic N) is 1. The van der Waals surface area contributed by atoms with Gasteiger partial charge in [0.25, 0.3) is 0 Å². The van der Waals surface area contributed by atoms with Gasteiger partial charge in [-0.25, -0.2) is 4.98 Å². The molecule has 96 valence electrons. The van der Waals surface area contributed by atoms with Crippen LogP contribution in [0.5, 0.6) is 5.88 Å². The number of ether oxygens (including phenoxy) is 2. The number of aromatic nitrogens is 1. The van der Waals surface area contributed by atoms with Gasteiger partial charge < -0.3 is 14.8 Å². The van der Waals surface area contributed by atoms with Gasteiger partial charge in [-0.3, -0.25) is 0 Å². The van der Waals surface area contributed by atoms with Crippen molar-refractivity contribution in [2.75, 3.05) is 26.4 Å². The van der Waals surface area contributed by atoms with E-state index in [4.69, 9.17) is 9.47 Å². The summed E-state index contributed by atoms with van der Waals surface area (Å²) >= 11 is 0. The molecule has 0 aromatic carbocycles. The molecule has 1 aromatic rings. The van der Waals surface area contributed by atoms with Gasteiger partial charge in [0.2, 0.25) is 5.88 Å². The SMILES string of the molecule is CCNC(C)c1ccc(OCCOCC)nc1. The van der Waals surface area contributed by atoms with Crippen molar-refractivity contribution in [1.82, 2.24) is 10.3 Å². The molecule has 0 radical (unpaired) electrons. The summed E-state index contributed by atoms with van der Waals surface area (Å²) in [6.45, 7) is 9.00. The Bertz CT molecular complexity index is 301. The predicted molar refractivity (Wildman–Crippen MR) is 68.3 cm³/mol. The first-order valence-electron chi connectivity index (χ1n) is 6.17. The zero-order valence-electron chi connectivity index (χ0n) is 10.9. The summed E-state index contributed by atoms with van der Waals surface area (Å²) in [5.74, 6) is 0.650. The van der Waals surface area contributed by atoms with E-state index in [1.807, 2.05) is 25.3 Å². The lowest BCUT2D eigenvalue weighted by molar-refractivity contribution is 0.108. The summed E-state index contributed by atoms with van der Waals surface area (Å²) < 4.78 is 10.6. The Balaban J connectivity index is 2.39. The van der Waals surface area contributed by atoms with E-state index in [1.54, 1.807) is 0 Å². The molecule has 0 saturated carbocycles. The topological polar surface area (TPSA) is 43.4 Å². The Labute approximate surface area is 103 Å². The fourth-order valence-electron chi connectivity index (χ4n) is 1.51. The van der Waals surface area contributed by atoms with Crippen molar-refractivity contribution in [3.8, 4) is 5.88 Å². The third-order valence-electron chi connectivity index (χ3n) is 2.45. The van der Waals surface area contributed by atoms with Crippen LogP contribution in [0.4, 0.5) is 0 Å². The molecule has 1 atom stereocenters. The molecule has 4 heteroatoms. The lowest BCUT2D eigenvalue weighted by Crippen LogP contribution is -2.17. The van der Waals surface area contributed by atoms with Crippen molar-refractivity contribution in [2.24, 2.45) is 0 Å². The highest BCUT2D eigenvalue weighted by Crippen LogP contribution is 2.14. The molecule has 0 saturated heterocycles. The van der Waals surface area contributed by atoms with Crippen molar-refractivity contribution in [3.05, 3.63) is 23.9 Å². The summed E-state index contributed by atoms with van der Waals surface area (Å²) in [6.07, 6.45) is 1.85. The Hall–Kier alpha value is -1.13. The van der Waals surface area contributed by atoms with Gasteiger partial charge in [0, 0.05) is 24.9 Å².